The van der Waals surface area contributed by atoms with Crippen molar-refractivity contribution in [2.24, 2.45) is 11.3 Å². The molecule has 0 bridgehead atoms. The summed E-state index contributed by atoms with van der Waals surface area (Å²) in [7, 11) is 1.48. The van der Waals surface area contributed by atoms with Crippen LogP contribution < -0.4 is 4.90 Å². The lowest BCUT2D eigenvalue weighted by Crippen LogP contribution is -2.37. The first-order valence-corrected chi connectivity index (χ1v) is 8.68. The lowest BCUT2D eigenvalue weighted by molar-refractivity contribution is -0.152. The van der Waals surface area contributed by atoms with Crippen molar-refractivity contribution >= 4 is 33.9 Å². The van der Waals surface area contributed by atoms with E-state index in [4.69, 9.17) is 9.15 Å². The fourth-order valence-electron chi connectivity index (χ4n) is 4.72. The molecule has 0 N–H and O–H groups in total. The summed E-state index contributed by atoms with van der Waals surface area (Å²) in [4.78, 5) is 23.6. The van der Waals surface area contributed by atoms with E-state index in [0.29, 0.717) is 18.0 Å². The van der Waals surface area contributed by atoms with Gasteiger partial charge in [-0.05, 0) is 30.9 Å². The topological polar surface area (TPSA) is 68.5 Å². The first-order valence-electron chi connectivity index (χ1n) is 8.68. The van der Waals surface area contributed by atoms with Crippen LogP contribution in [0.1, 0.15) is 19.3 Å². The summed E-state index contributed by atoms with van der Waals surface area (Å²) in [5.41, 5.74) is 1.92. The smallest absolute Gasteiger partial charge is 0.313 e. The SMILES string of the molecule is COC(=O)C12CCCC1CN(c1ncnc3c1oc1ccccc13)C2. The minimum absolute atomic E-state index is 0.0904. The molecule has 25 heavy (non-hydrogen) atoms. The molecule has 2 atom stereocenters. The maximum Gasteiger partial charge on any atom is 0.313 e. The summed E-state index contributed by atoms with van der Waals surface area (Å²) in [5, 5.41) is 0.989. The van der Waals surface area contributed by atoms with Gasteiger partial charge in [-0.15, -0.1) is 0 Å². The van der Waals surface area contributed by atoms with Gasteiger partial charge in [0, 0.05) is 18.5 Å². The van der Waals surface area contributed by atoms with Crippen molar-refractivity contribution in [1.29, 1.82) is 0 Å². The monoisotopic (exact) mass is 337 g/mol. The van der Waals surface area contributed by atoms with Crippen LogP contribution in [0.3, 0.4) is 0 Å². The zero-order valence-electron chi connectivity index (χ0n) is 14.1. The van der Waals surface area contributed by atoms with Crippen molar-refractivity contribution in [1.82, 2.24) is 9.97 Å². The van der Waals surface area contributed by atoms with Crippen LogP contribution in [0.25, 0.3) is 22.1 Å². The Morgan fingerprint density at radius 1 is 1.36 bits per heavy atom. The van der Waals surface area contributed by atoms with Crippen LogP contribution in [0.4, 0.5) is 5.82 Å². The van der Waals surface area contributed by atoms with Crippen LogP contribution in [-0.2, 0) is 9.53 Å². The number of nitrogens with zero attached hydrogens (tertiary/aromatic N) is 3. The zero-order valence-corrected chi connectivity index (χ0v) is 14.1. The highest BCUT2D eigenvalue weighted by Gasteiger charge is 2.56. The molecule has 2 unspecified atom stereocenters. The maximum atomic E-state index is 12.5. The first kappa shape index (κ1) is 14.7. The lowest BCUT2D eigenvalue weighted by Gasteiger charge is -2.25. The minimum Gasteiger partial charge on any atom is -0.469 e. The van der Waals surface area contributed by atoms with E-state index in [-0.39, 0.29) is 5.97 Å². The number of methoxy groups -OCH3 is 1. The second kappa shape index (κ2) is 5.18. The van der Waals surface area contributed by atoms with E-state index in [1.807, 2.05) is 24.3 Å². The average molecular weight is 337 g/mol. The lowest BCUT2D eigenvalue weighted by atomic mass is 9.81. The van der Waals surface area contributed by atoms with E-state index < -0.39 is 5.41 Å². The van der Waals surface area contributed by atoms with Crippen molar-refractivity contribution in [3.63, 3.8) is 0 Å². The second-order valence-electron chi connectivity index (χ2n) is 7.09. The third-order valence-electron chi connectivity index (χ3n) is 5.90. The Kier molecular flexibility index (Phi) is 3.04. The van der Waals surface area contributed by atoms with Gasteiger partial charge < -0.3 is 14.1 Å². The molecule has 1 aliphatic heterocycles. The number of furan rings is 1. The standard InChI is InChI=1S/C19H19N3O3/c1-24-18(23)19-8-4-5-12(19)9-22(10-19)17-16-15(20-11-21-17)13-6-2-3-7-14(13)25-16/h2-3,6-7,11-12H,4-5,8-10H2,1H3. The number of anilines is 1. The molecule has 3 heterocycles. The molecule has 128 valence electrons. The average Bonchev–Trinajstić information content (AvgIpc) is 3.31. The van der Waals surface area contributed by atoms with Crippen LogP contribution in [0.2, 0.25) is 0 Å². The quantitative estimate of drug-likeness (QED) is 0.669. The molecule has 3 aromatic rings. The number of hydrogen-bond donors (Lipinski definition) is 0. The molecular formula is C19H19N3O3. The third kappa shape index (κ3) is 1.94. The number of benzene rings is 1. The molecule has 0 amide bonds. The summed E-state index contributed by atoms with van der Waals surface area (Å²) >= 11 is 0. The highest BCUT2D eigenvalue weighted by Crippen LogP contribution is 2.51. The van der Waals surface area contributed by atoms with E-state index in [1.54, 1.807) is 6.33 Å². The van der Waals surface area contributed by atoms with Gasteiger partial charge in [0.05, 0.1) is 12.5 Å². The molecule has 1 saturated carbocycles. The Morgan fingerprint density at radius 3 is 3.12 bits per heavy atom. The number of para-hydroxylation sites is 1. The highest BCUT2D eigenvalue weighted by atomic mass is 16.5. The van der Waals surface area contributed by atoms with Gasteiger partial charge in [0.25, 0.3) is 0 Å². The Morgan fingerprint density at radius 2 is 2.24 bits per heavy atom. The molecule has 2 fully saturated rings. The molecule has 0 radical (unpaired) electrons. The molecule has 6 heteroatoms. The number of fused-ring (bicyclic) bond motifs is 4. The summed E-state index contributed by atoms with van der Waals surface area (Å²) in [6.07, 6.45) is 4.60. The molecule has 2 aliphatic rings. The number of carbonyl (C=O) groups is 1. The van der Waals surface area contributed by atoms with Crippen LogP contribution in [0.15, 0.2) is 35.0 Å². The summed E-state index contributed by atoms with van der Waals surface area (Å²) in [6, 6.07) is 7.87. The van der Waals surface area contributed by atoms with Crippen molar-refractivity contribution < 1.29 is 13.9 Å². The van der Waals surface area contributed by atoms with Crippen LogP contribution in [0, 0.1) is 11.3 Å². The Hall–Kier alpha value is -2.63. The predicted octanol–water partition coefficient (Wildman–Crippen LogP) is 3.16. The molecule has 6 nitrogen and oxygen atoms in total. The summed E-state index contributed by atoms with van der Waals surface area (Å²) in [5.74, 6) is 1.00. The van der Waals surface area contributed by atoms with E-state index in [9.17, 15) is 4.79 Å². The summed E-state index contributed by atoms with van der Waals surface area (Å²) in [6.45, 7) is 1.44. The van der Waals surface area contributed by atoms with Gasteiger partial charge in [0.15, 0.2) is 11.4 Å². The predicted molar refractivity (Wildman–Crippen MR) is 93.3 cm³/mol. The Bertz CT molecular complexity index is 982. The van der Waals surface area contributed by atoms with E-state index in [1.165, 1.54) is 7.11 Å². The maximum absolute atomic E-state index is 12.5. The van der Waals surface area contributed by atoms with E-state index in [2.05, 4.69) is 14.9 Å². The van der Waals surface area contributed by atoms with Gasteiger partial charge in [-0.25, -0.2) is 9.97 Å². The van der Waals surface area contributed by atoms with Crippen molar-refractivity contribution in [3.8, 4) is 0 Å². The Balaban J connectivity index is 1.62. The molecule has 0 spiro atoms. The van der Waals surface area contributed by atoms with Crippen molar-refractivity contribution in [2.75, 3.05) is 25.1 Å². The van der Waals surface area contributed by atoms with Gasteiger partial charge in [-0.2, -0.15) is 0 Å². The number of aromatic nitrogens is 2. The first-order chi connectivity index (χ1) is 12.2. The number of esters is 1. The highest BCUT2D eigenvalue weighted by molar-refractivity contribution is 6.05. The molecule has 1 aliphatic carbocycles. The van der Waals surface area contributed by atoms with Gasteiger partial charge in [-0.1, -0.05) is 18.6 Å². The van der Waals surface area contributed by atoms with Crippen molar-refractivity contribution in [3.05, 3.63) is 30.6 Å². The fraction of sp³-hybridized carbons (Fsp3) is 0.421. The number of rotatable bonds is 2. The van der Waals surface area contributed by atoms with E-state index >= 15 is 0 Å². The number of carbonyl (C=O) groups excluding carboxylic acids is 1. The molecule has 1 saturated heterocycles. The van der Waals surface area contributed by atoms with Crippen molar-refractivity contribution in [2.45, 2.75) is 19.3 Å². The second-order valence-corrected chi connectivity index (χ2v) is 7.09. The van der Waals surface area contributed by atoms with Gasteiger partial charge in [-0.3, -0.25) is 4.79 Å². The number of hydrogen-bond acceptors (Lipinski definition) is 6. The van der Waals surface area contributed by atoms with Crippen LogP contribution in [-0.4, -0.2) is 36.1 Å². The van der Waals surface area contributed by atoms with Crippen LogP contribution >= 0.6 is 0 Å². The Labute approximate surface area is 144 Å². The zero-order chi connectivity index (χ0) is 17.0. The summed E-state index contributed by atoms with van der Waals surface area (Å²) < 4.78 is 11.2. The van der Waals surface area contributed by atoms with Gasteiger partial charge >= 0.3 is 5.97 Å². The molecule has 1 aromatic carbocycles. The fourth-order valence-corrected chi connectivity index (χ4v) is 4.72. The van der Waals surface area contributed by atoms with Crippen LogP contribution in [0.5, 0.6) is 0 Å². The molecule has 2 aromatic heterocycles. The van der Waals surface area contributed by atoms with E-state index in [0.717, 1.165) is 48.1 Å². The number of ether oxygens (including phenoxy) is 1. The minimum atomic E-state index is -0.405. The molecule has 5 rings (SSSR count). The van der Waals surface area contributed by atoms with Gasteiger partial charge in [0.1, 0.15) is 17.4 Å². The normalized spacial score (nSPS) is 25.6. The largest absolute Gasteiger partial charge is 0.469 e. The molecular weight excluding hydrogens is 318 g/mol. The third-order valence-corrected chi connectivity index (χ3v) is 5.90. The van der Waals surface area contributed by atoms with Gasteiger partial charge in [0.2, 0.25) is 0 Å².